The van der Waals surface area contributed by atoms with Crippen molar-refractivity contribution in [3.05, 3.63) is 53.6 Å². The molecule has 0 saturated heterocycles. The molecule has 0 bridgehead atoms. The third-order valence-electron chi connectivity index (χ3n) is 4.82. The minimum atomic E-state index is -0.197. The highest BCUT2D eigenvalue weighted by Gasteiger charge is 2.26. The summed E-state index contributed by atoms with van der Waals surface area (Å²) in [6.07, 6.45) is 0.833. The number of ketones is 1. The molecule has 164 valence electrons. The van der Waals surface area contributed by atoms with Crippen LogP contribution in [0.1, 0.15) is 42.6 Å². The third-order valence-corrected chi connectivity index (χ3v) is 4.82. The van der Waals surface area contributed by atoms with Crippen molar-refractivity contribution in [2.75, 3.05) is 24.7 Å². The van der Waals surface area contributed by atoms with E-state index in [0.29, 0.717) is 42.1 Å². The number of nitrogens with zero attached hydrogens (tertiary/aromatic N) is 1. The number of hydrogen-bond donors (Lipinski definition) is 1. The van der Waals surface area contributed by atoms with Gasteiger partial charge in [0.05, 0.1) is 5.69 Å². The molecule has 1 aliphatic rings. The fraction of sp³-hybridized carbons (Fsp3) is 0.375. The summed E-state index contributed by atoms with van der Waals surface area (Å²) in [6, 6.07) is 12.6. The van der Waals surface area contributed by atoms with E-state index in [9.17, 15) is 14.4 Å². The van der Waals surface area contributed by atoms with Gasteiger partial charge < -0.3 is 19.7 Å². The lowest BCUT2D eigenvalue weighted by atomic mass is 10.1. The van der Waals surface area contributed by atoms with Crippen molar-refractivity contribution in [2.24, 2.45) is 0 Å². The fourth-order valence-corrected chi connectivity index (χ4v) is 3.35. The molecular weight excluding hydrogens is 396 g/mol. The van der Waals surface area contributed by atoms with Gasteiger partial charge in [-0.1, -0.05) is 12.1 Å². The van der Waals surface area contributed by atoms with E-state index in [4.69, 9.17) is 9.47 Å². The molecule has 2 aromatic carbocycles. The van der Waals surface area contributed by atoms with Crippen LogP contribution in [0.5, 0.6) is 11.5 Å². The van der Waals surface area contributed by atoms with Gasteiger partial charge in [-0.2, -0.15) is 0 Å². The van der Waals surface area contributed by atoms with Crippen molar-refractivity contribution >= 4 is 23.3 Å². The number of aryl methyl sites for hydroxylation is 1. The SMILES string of the molecule is Cc1cccc(OCC(=O)c2ccc3c(c2)N(CCCC(=O)NC(C)C)C(=O)CO3)c1. The Hall–Kier alpha value is -3.35. The lowest BCUT2D eigenvalue weighted by Crippen LogP contribution is -2.40. The Morgan fingerprint density at radius 1 is 1.19 bits per heavy atom. The van der Waals surface area contributed by atoms with Gasteiger partial charge in [0, 0.05) is 24.6 Å². The molecule has 2 amide bonds. The maximum atomic E-state index is 12.7. The number of fused-ring (bicyclic) bond motifs is 1. The first-order valence-electron chi connectivity index (χ1n) is 10.4. The molecule has 0 aromatic heterocycles. The van der Waals surface area contributed by atoms with Gasteiger partial charge in [0.25, 0.3) is 5.91 Å². The maximum Gasteiger partial charge on any atom is 0.265 e. The first kappa shape index (κ1) is 22.3. The number of Topliss-reactive ketones (excluding diaryl/α,β-unsaturated/α-hetero) is 1. The Labute approximate surface area is 182 Å². The molecule has 7 heteroatoms. The summed E-state index contributed by atoms with van der Waals surface area (Å²) in [5.74, 6) is 0.734. The lowest BCUT2D eigenvalue weighted by Gasteiger charge is -2.29. The highest BCUT2D eigenvalue weighted by atomic mass is 16.5. The average Bonchev–Trinajstić information content (AvgIpc) is 2.72. The summed E-state index contributed by atoms with van der Waals surface area (Å²) in [6.45, 7) is 5.97. The largest absolute Gasteiger partial charge is 0.485 e. The highest BCUT2D eigenvalue weighted by Crippen LogP contribution is 2.33. The van der Waals surface area contributed by atoms with Gasteiger partial charge in [-0.25, -0.2) is 0 Å². The second kappa shape index (κ2) is 10.1. The predicted octanol–water partition coefficient (Wildman–Crippen LogP) is 3.29. The van der Waals surface area contributed by atoms with Gasteiger partial charge in [-0.15, -0.1) is 0 Å². The molecule has 0 fully saturated rings. The molecule has 0 spiro atoms. The van der Waals surface area contributed by atoms with Crippen molar-refractivity contribution in [2.45, 2.75) is 39.7 Å². The lowest BCUT2D eigenvalue weighted by molar-refractivity contribution is -0.123. The van der Waals surface area contributed by atoms with Crippen LogP contribution in [0.4, 0.5) is 5.69 Å². The van der Waals surface area contributed by atoms with Crippen molar-refractivity contribution in [3.63, 3.8) is 0 Å². The standard InChI is InChI=1S/C24H28N2O5/c1-16(2)25-23(28)8-5-11-26-20-13-18(9-10-22(20)31-15-24(26)29)21(27)14-30-19-7-4-6-17(3)12-19/h4,6-7,9-10,12-13,16H,5,8,11,14-15H2,1-3H3,(H,25,28). The molecule has 2 aromatic rings. The second-order valence-corrected chi connectivity index (χ2v) is 7.87. The number of carbonyl (C=O) groups is 3. The summed E-state index contributed by atoms with van der Waals surface area (Å²) >= 11 is 0. The minimum Gasteiger partial charge on any atom is -0.485 e. The van der Waals surface area contributed by atoms with Gasteiger partial charge in [-0.05, 0) is 63.1 Å². The number of ether oxygens (including phenoxy) is 2. The Morgan fingerprint density at radius 2 is 2.00 bits per heavy atom. The van der Waals surface area contributed by atoms with Crippen molar-refractivity contribution < 1.29 is 23.9 Å². The quantitative estimate of drug-likeness (QED) is 0.625. The molecular formula is C24H28N2O5. The Balaban J connectivity index is 1.67. The number of hydrogen-bond acceptors (Lipinski definition) is 5. The molecule has 31 heavy (non-hydrogen) atoms. The minimum absolute atomic E-state index is 0.0480. The normalized spacial score (nSPS) is 12.9. The molecule has 1 N–H and O–H groups in total. The topological polar surface area (TPSA) is 84.9 Å². The van der Waals surface area contributed by atoms with Crippen LogP contribution in [0.15, 0.2) is 42.5 Å². The molecule has 0 saturated carbocycles. The summed E-state index contributed by atoms with van der Waals surface area (Å²) in [4.78, 5) is 38.5. The molecule has 0 radical (unpaired) electrons. The number of benzene rings is 2. The van der Waals surface area contributed by atoms with E-state index in [1.54, 1.807) is 29.2 Å². The van der Waals surface area contributed by atoms with E-state index in [1.807, 2.05) is 39.0 Å². The van der Waals surface area contributed by atoms with E-state index in [1.165, 1.54) is 0 Å². The van der Waals surface area contributed by atoms with E-state index in [2.05, 4.69) is 5.32 Å². The summed E-state index contributed by atoms with van der Waals surface area (Å²) in [7, 11) is 0. The smallest absolute Gasteiger partial charge is 0.265 e. The Morgan fingerprint density at radius 3 is 2.74 bits per heavy atom. The number of nitrogens with one attached hydrogen (secondary N) is 1. The van der Waals surface area contributed by atoms with E-state index < -0.39 is 0 Å². The van der Waals surface area contributed by atoms with E-state index in [0.717, 1.165) is 5.56 Å². The van der Waals surface area contributed by atoms with Crippen LogP contribution in [-0.2, 0) is 9.59 Å². The molecule has 0 aliphatic carbocycles. The van der Waals surface area contributed by atoms with Crippen LogP contribution in [-0.4, -0.2) is 43.4 Å². The number of amides is 2. The molecule has 1 heterocycles. The zero-order chi connectivity index (χ0) is 22.4. The number of rotatable bonds is 9. The maximum absolute atomic E-state index is 12.7. The van der Waals surface area contributed by atoms with Crippen LogP contribution in [0.2, 0.25) is 0 Å². The molecule has 0 unspecified atom stereocenters. The summed E-state index contributed by atoms with van der Waals surface area (Å²) in [5, 5.41) is 2.84. The van der Waals surface area contributed by atoms with Gasteiger partial charge >= 0.3 is 0 Å². The van der Waals surface area contributed by atoms with Crippen LogP contribution < -0.4 is 19.7 Å². The van der Waals surface area contributed by atoms with Crippen LogP contribution in [0.25, 0.3) is 0 Å². The average molecular weight is 424 g/mol. The Bertz CT molecular complexity index is 970. The van der Waals surface area contributed by atoms with Crippen molar-refractivity contribution in [3.8, 4) is 11.5 Å². The van der Waals surface area contributed by atoms with Crippen LogP contribution in [0, 0.1) is 6.92 Å². The Kier molecular flexibility index (Phi) is 7.28. The van der Waals surface area contributed by atoms with Gasteiger partial charge in [0.2, 0.25) is 5.91 Å². The highest BCUT2D eigenvalue weighted by molar-refractivity contribution is 6.02. The van der Waals surface area contributed by atoms with Gasteiger partial charge in [0.1, 0.15) is 11.5 Å². The number of carbonyl (C=O) groups excluding carboxylic acids is 3. The van der Waals surface area contributed by atoms with Gasteiger partial charge in [-0.3, -0.25) is 14.4 Å². The summed E-state index contributed by atoms with van der Waals surface area (Å²) < 4.78 is 11.1. The monoisotopic (exact) mass is 424 g/mol. The number of anilines is 1. The molecule has 1 aliphatic heterocycles. The second-order valence-electron chi connectivity index (χ2n) is 7.87. The van der Waals surface area contributed by atoms with E-state index >= 15 is 0 Å². The van der Waals surface area contributed by atoms with Crippen LogP contribution >= 0.6 is 0 Å². The van der Waals surface area contributed by atoms with E-state index in [-0.39, 0.29) is 36.9 Å². The fourth-order valence-electron chi connectivity index (χ4n) is 3.35. The van der Waals surface area contributed by atoms with Gasteiger partial charge in [0.15, 0.2) is 19.0 Å². The predicted molar refractivity (Wildman–Crippen MR) is 118 cm³/mol. The molecule has 3 rings (SSSR count). The summed E-state index contributed by atoms with van der Waals surface area (Å²) in [5.41, 5.74) is 2.03. The van der Waals surface area contributed by atoms with Crippen LogP contribution in [0.3, 0.4) is 0 Å². The molecule has 0 atom stereocenters. The van der Waals surface area contributed by atoms with Crippen molar-refractivity contribution in [1.29, 1.82) is 0 Å². The first-order chi connectivity index (χ1) is 14.8. The third kappa shape index (κ3) is 6.07. The zero-order valence-corrected chi connectivity index (χ0v) is 18.1. The van der Waals surface area contributed by atoms with Crippen molar-refractivity contribution in [1.82, 2.24) is 5.32 Å². The first-order valence-corrected chi connectivity index (χ1v) is 10.4. The zero-order valence-electron chi connectivity index (χ0n) is 18.1. The molecule has 7 nitrogen and oxygen atoms in total.